The van der Waals surface area contributed by atoms with E-state index in [1.54, 1.807) is 11.8 Å². The predicted octanol–water partition coefficient (Wildman–Crippen LogP) is 4.39. The molecule has 0 bridgehead atoms. The second-order valence-electron chi connectivity index (χ2n) is 5.70. The van der Waals surface area contributed by atoms with Crippen molar-refractivity contribution in [3.63, 3.8) is 0 Å². The average molecular weight is 331 g/mol. The van der Waals surface area contributed by atoms with Crippen molar-refractivity contribution in [3.8, 4) is 0 Å². The lowest BCUT2D eigenvalue weighted by Crippen LogP contribution is -1.93. The maximum Gasteiger partial charge on any atom is 0.137 e. The zero-order valence-electron chi connectivity index (χ0n) is 12.9. The smallest absolute Gasteiger partial charge is 0.137 e. The molecular formula is C16H17N3OS2. The van der Waals surface area contributed by atoms with Crippen molar-refractivity contribution < 1.29 is 4.52 Å². The van der Waals surface area contributed by atoms with Crippen LogP contribution in [-0.2, 0) is 18.6 Å². The zero-order chi connectivity index (χ0) is 15.3. The molecular weight excluding hydrogens is 314 g/mol. The monoisotopic (exact) mass is 331 g/mol. The highest BCUT2D eigenvalue weighted by Gasteiger charge is 2.22. The molecule has 22 heavy (non-hydrogen) atoms. The molecule has 0 amide bonds. The summed E-state index contributed by atoms with van der Waals surface area (Å²) in [4.78, 5) is 12.0. The van der Waals surface area contributed by atoms with Crippen LogP contribution in [0.15, 0.2) is 9.55 Å². The van der Waals surface area contributed by atoms with Gasteiger partial charge in [-0.2, -0.15) is 0 Å². The third kappa shape index (κ3) is 2.25. The van der Waals surface area contributed by atoms with Gasteiger partial charge in [-0.25, -0.2) is 9.97 Å². The van der Waals surface area contributed by atoms with Crippen molar-refractivity contribution in [2.45, 2.75) is 50.8 Å². The number of thiophene rings is 1. The number of fused-ring (bicyclic) bond motifs is 3. The molecule has 0 aromatic carbocycles. The van der Waals surface area contributed by atoms with Crippen LogP contribution in [-0.4, -0.2) is 15.1 Å². The van der Waals surface area contributed by atoms with E-state index in [-0.39, 0.29) is 0 Å². The molecule has 3 heterocycles. The van der Waals surface area contributed by atoms with Crippen molar-refractivity contribution >= 4 is 33.3 Å². The van der Waals surface area contributed by atoms with Crippen LogP contribution in [0.4, 0.5) is 0 Å². The first-order chi connectivity index (χ1) is 10.6. The lowest BCUT2D eigenvalue weighted by molar-refractivity contribution is 0.392. The van der Waals surface area contributed by atoms with Crippen LogP contribution in [0.5, 0.6) is 0 Å². The molecule has 114 valence electrons. The normalized spacial score (nSPS) is 14.0. The number of nitrogens with zero attached hydrogens (tertiary/aromatic N) is 3. The SMILES string of the molecule is Cc1nc(SCc2c(C)noc2C)c2c3c(sc2n1)CCC3. The Morgan fingerprint density at radius 3 is 2.82 bits per heavy atom. The highest BCUT2D eigenvalue weighted by Crippen LogP contribution is 2.41. The van der Waals surface area contributed by atoms with Gasteiger partial charge in [-0.3, -0.25) is 0 Å². The third-order valence-electron chi connectivity index (χ3n) is 4.18. The van der Waals surface area contributed by atoms with E-state index in [1.165, 1.54) is 40.7 Å². The van der Waals surface area contributed by atoms with Crippen molar-refractivity contribution in [1.29, 1.82) is 0 Å². The molecule has 0 aliphatic heterocycles. The lowest BCUT2D eigenvalue weighted by Gasteiger charge is -2.05. The summed E-state index contributed by atoms with van der Waals surface area (Å²) in [5.41, 5.74) is 3.64. The molecule has 0 N–H and O–H groups in total. The fourth-order valence-corrected chi connectivity index (χ4v) is 5.64. The minimum atomic E-state index is 0.845. The molecule has 0 fully saturated rings. The van der Waals surface area contributed by atoms with Gasteiger partial charge in [0.15, 0.2) is 0 Å². The topological polar surface area (TPSA) is 51.8 Å². The third-order valence-corrected chi connectivity index (χ3v) is 6.37. The highest BCUT2D eigenvalue weighted by molar-refractivity contribution is 7.98. The van der Waals surface area contributed by atoms with Gasteiger partial charge in [0.05, 0.1) is 5.69 Å². The lowest BCUT2D eigenvalue weighted by atomic mass is 10.2. The van der Waals surface area contributed by atoms with Gasteiger partial charge in [0.2, 0.25) is 0 Å². The highest BCUT2D eigenvalue weighted by atomic mass is 32.2. The number of hydrogen-bond donors (Lipinski definition) is 0. The summed E-state index contributed by atoms with van der Waals surface area (Å²) in [6.07, 6.45) is 3.63. The second-order valence-corrected chi connectivity index (χ2v) is 7.75. The average Bonchev–Trinajstić information content (AvgIpc) is 3.12. The first-order valence-electron chi connectivity index (χ1n) is 7.47. The largest absolute Gasteiger partial charge is 0.361 e. The summed E-state index contributed by atoms with van der Waals surface area (Å²) >= 11 is 3.63. The summed E-state index contributed by atoms with van der Waals surface area (Å²) in [5, 5.41) is 6.44. The summed E-state index contributed by atoms with van der Waals surface area (Å²) < 4.78 is 5.26. The van der Waals surface area contributed by atoms with Crippen molar-refractivity contribution in [2.75, 3.05) is 0 Å². The molecule has 4 nitrogen and oxygen atoms in total. The molecule has 0 unspecified atom stereocenters. The molecule has 0 spiro atoms. The van der Waals surface area contributed by atoms with E-state index in [0.29, 0.717) is 0 Å². The number of aryl methyl sites for hydroxylation is 5. The molecule has 0 atom stereocenters. The van der Waals surface area contributed by atoms with Crippen LogP contribution in [0.1, 0.15) is 39.7 Å². The Bertz CT molecular complexity index is 847. The summed E-state index contributed by atoms with van der Waals surface area (Å²) in [6, 6.07) is 0. The first kappa shape index (κ1) is 14.2. The van der Waals surface area contributed by atoms with Gasteiger partial charge in [-0.1, -0.05) is 5.16 Å². The molecule has 3 aromatic rings. The Morgan fingerprint density at radius 2 is 2.05 bits per heavy atom. The van der Waals surface area contributed by atoms with E-state index in [0.717, 1.165) is 32.9 Å². The fourth-order valence-electron chi connectivity index (χ4n) is 3.02. The van der Waals surface area contributed by atoms with Gasteiger partial charge in [-0.15, -0.1) is 23.1 Å². The quantitative estimate of drug-likeness (QED) is 0.526. The van der Waals surface area contributed by atoms with E-state index < -0.39 is 0 Å². The maximum absolute atomic E-state index is 5.26. The molecule has 1 aliphatic rings. The molecule has 4 rings (SSSR count). The molecule has 3 aromatic heterocycles. The fraction of sp³-hybridized carbons (Fsp3) is 0.438. The van der Waals surface area contributed by atoms with Crippen LogP contribution in [0.2, 0.25) is 0 Å². The summed E-state index contributed by atoms with van der Waals surface area (Å²) in [6.45, 7) is 5.94. The van der Waals surface area contributed by atoms with Crippen LogP contribution in [0, 0.1) is 20.8 Å². The molecule has 0 saturated heterocycles. The Kier molecular flexibility index (Phi) is 3.46. The van der Waals surface area contributed by atoms with Crippen LogP contribution >= 0.6 is 23.1 Å². The first-order valence-corrected chi connectivity index (χ1v) is 9.27. The Morgan fingerprint density at radius 1 is 1.18 bits per heavy atom. The van der Waals surface area contributed by atoms with E-state index >= 15 is 0 Å². The number of aromatic nitrogens is 3. The zero-order valence-corrected chi connectivity index (χ0v) is 14.5. The standard InChI is InChI=1S/C16H17N3OS2/c1-8-12(9(2)20-19-8)7-21-15-14-11-5-4-6-13(11)22-16(14)18-10(3)17-15/h4-7H2,1-3H3. The van der Waals surface area contributed by atoms with E-state index in [1.807, 2.05) is 32.1 Å². The van der Waals surface area contributed by atoms with Gasteiger partial charge in [0.25, 0.3) is 0 Å². The molecule has 1 aliphatic carbocycles. The van der Waals surface area contributed by atoms with Crippen molar-refractivity contribution in [3.05, 3.63) is 33.3 Å². The minimum Gasteiger partial charge on any atom is -0.361 e. The van der Waals surface area contributed by atoms with Crippen LogP contribution < -0.4 is 0 Å². The molecule has 0 radical (unpaired) electrons. The van der Waals surface area contributed by atoms with E-state index in [4.69, 9.17) is 9.51 Å². The van der Waals surface area contributed by atoms with Crippen LogP contribution in [0.25, 0.3) is 10.2 Å². The Labute approximate surface area is 137 Å². The van der Waals surface area contributed by atoms with Crippen LogP contribution in [0.3, 0.4) is 0 Å². The van der Waals surface area contributed by atoms with Crippen molar-refractivity contribution in [1.82, 2.24) is 15.1 Å². The van der Waals surface area contributed by atoms with Crippen molar-refractivity contribution in [2.24, 2.45) is 0 Å². The predicted molar refractivity (Wildman–Crippen MR) is 89.7 cm³/mol. The molecule has 0 saturated carbocycles. The van der Waals surface area contributed by atoms with Gasteiger partial charge < -0.3 is 4.52 Å². The second kappa shape index (κ2) is 5.35. The summed E-state index contributed by atoms with van der Waals surface area (Å²) in [7, 11) is 0. The number of hydrogen-bond acceptors (Lipinski definition) is 6. The molecule has 6 heteroatoms. The van der Waals surface area contributed by atoms with Gasteiger partial charge in [0.1, 0.15) is 21.4 Å². The Hall–Kier alpha value is -1.40. The van der Waals surface area contributed by atoms with Gasteiger partial charge in [-0.05, 0) is 45.6 Å². The maximum atomic E-state index is 5.26. The van der Waals surface area contributed by atoms with Gasteiger partial charge >= 0.3 is 0 Å². The Balaban J connectivity index is 1.75. The van der Waals surface area contributed by atoms with E-state index in [2.05, 4.69) is 10.1 Å². The number of thioether (sulfide) groups is 1. The van der Waals surface area contributed by atoms with Gasteiger partial charge in [0, 0.05) is 21.6 Å². The number of rotatable bonds is 3. The van der Waals surface area contributed by atoms with E-state index in [9.17, 15) is 0 Å². The minimum absolute atomic E-state index is 0.845. The summed E-state index contributed by atoms with van der Waals surface area (Å²) in [5.74, 6) is 2.61.